The molecule has 0 saturated carbocycles. The van der Waals surface area contributed by atoms with Crippen LogP contribution >= 0.6 is 0 Å². The van der Waals surface area contributed by atoms with E-state index in [0.717, 1.165) is 27.9 Å². The van der Waals surface area contributed by atoms with E-state index < -0.39 is 0 Å². The van der Waals surface area contributed by atoms with Crippen molar-refractivity contribution in [2.75, 3.05) is 0 Å². The highest BCUT2D eigenvalue weighted by Crippen LogP contribution is 2.44. The second kappa shape index (κ2) is 6.48. The van der Waals surface area contributed by atoms with Gasteiger partial charge in [-0.3, -0.25) is 14.8 Å². The fourth-order valence-electron chi connectivity index (χ4n) is 3.56. The molecule has 1 atom stereocenters. The third-order valence-corrected chi connectivity index (χ3v) is 4.62. The van der Waals surface area contributed by atoms with E-state index in [-0.39, 0.29) is 17.9 Å². The number of carbonyl (C=O) groups excluding carboxylic acids is 1. The number of amides is 1. The molecule has 4 heteroatoms. The van der Waals surface area contributed by atoms with Gasteiger partial charge in [0.1, 0.15) is 0 Å². The number of nitrogens with one attached hydrogen (secondary N) is 1. The van der Waals surface area contributed by atoms with Crippen molar-refractivity contribution in [1.29, 1.82) is 0 Å². The van der Waals surface area contributed by atoms with Crippen molar-refractivity contribution in [2.24, 2.45) is 0 Å². The van der Waals surface area contributed by atoms with Crippen molar-refractivity contribution in [3.05, 3.63) is 83.9 Å². The van der Waals surface area contributed by atoms with Crippen LogP contribution in [-0.4, -0.2) is 21.9 Å². The summed E-state index contributed by atoms with van der Waals surface area (Å²) in [6.07, 6.45) is 5.73. The minimum Gasteiger partial charge on any atom is -0.352 e. The molecule has 0 bridgehead atoms. The van der Waals surface area contributed by atoms with Crippen LogP contribution in [0.5, 0.6) is 0 Å². The van der Waals surface area contributed by atoms with Crippen molar-refractivity contribution >= 4 is 5.91 Å². The lowest BCUT2D eigenvalue weighted by atomic mass is 9.95. The van der Waals surface area contributed by atoms with Gasteiger partial charge in [0.05, 0.1) is 11.6 Å². The first-order valence-electron chi connectivity index (χ1n) is 8.47. The normalized spacial score (nSPS) is 13.8. The van der Waals surface area contributed by atoms with Gasteiger partial charge in [0.25, 0.3) is 0 Å². The molecule has 1 heterocycles. The SMILES string of the molecule is CC(Cc1cnccn1)NC(=O)C1c2ccccc2-c2ccccc21. The van der Waals surface area contributed by atoms with Crippen LogP contribution in [-0.2, 0) is 11.2 Å². The zero-order valence-electron chi connectivity index (χ0n) is 14.0. The van der Waals surface area contributed by atoms with E-state index in [1.54, 1.807) is 18.6 Å². The average molecular weight is 329 g/mol. The molecule has 1 aromatic heterocycles. The van der Waals surface area contributed by atoms with Gasteiger partial charge in [-0.15, -0.1) is 0 Å². The molecule has 1 N–H and O–H groups in total. The lowest BCUT2D eigenvalue weighted by molar-refractivity contribution is -0.122. The summed E-state index contributed by atoms with van der Waals surface area (Å²) in [7, 11) is 0. The molecule has 1 aliphatic carbocycles. The van der Waals surface area contributed by atoms with E-state index in [1.165, 1.54) is 0 Å². The summed E-state index contributed by atoms with van der Waals surface area (Å²) in [5.41, 5.74) is 5.34. The molecule has 3 aromatic rings. The van der Waals surface area contributed by atoms with Crippen LogP contribution in [0.3, 0.4) is 0 Å². The predicted octanol–water partition coefficient (Wildman–Crippen LogP) is 3.34. The number of aromatic nitrogens is 2. The quantitative estimate of drug-likeness (QED) is 0.799. The van der Waals surface area contributed by atoms with Gasteiger partial charge in [-0.1, -0.05) is 48.5 Å². The zero-order valence-corrected chi connectivity index (χ0v) is 14.0. The highest BCUT2D eigenvalue weighted by Gasteiger charge is 2.33. The maximum Gasteiger partial charge on any atom is 0.232 e. The Labute approximate surface area is 147 Å². The first-order chi connectivity index (χ1) is 12.2. The molecule has 0 fully saturated rings. The molecular formula is C21H19N3O. The third-order valence-electron chi connectivity index (χ3n) is 4.62. The van der Waals surface area contributed by atoms with E-state index in [4.69, 9.17) is 0 Å². The molecule has 4 nitrogen and oxygen atoms in total. The van der Waals surface area contributed by atoms with Gasteiger partial charge in [-0.2, -0.15) is 0 Å². The molecule has 0 radical (unpaired) electrons. The Morgan fingerprint density at radius 3 is 2.28 bits per heavy atom. The molecule has 25 heavy (non-hydrogen) atoms. The van der Waals surface area contributed by atoms with Crippen molar-refractivity contribution in [1.82, 2.24) is 15.3 Å². The molecular weight excluding hydrogens is 310 g/mol. The van der Waals surface area contributed by atoms with Crippen LogP contribution in [0.1, 0.15) is 29.7 Å². The lowest BCUT2D eigenvalue weighted by Gasteiger charge is -2.18. The van der Waals surface area contributed by atoms with Gasteiger partial charge in [0.2, 0.25) is 5.91 Å². The van der Waals surface area contributed by atoms with Crippen molar-refractivity contribution in [3.8, 4) is 11.1 Å². The van der Waals surface area contributed by atoms with Gasteiger partial charge < -0.3 is 5.32 Å². The Kier molecular flexibility index (Phi) is 4.02. The number of hydrogen-bond acceptors (Lipinski definition) is 3. The number of carbonyl (C=O) groups is 1. The second-order valence-electron chi connectivity index (χ2n) is 6.42. The first kappa shape index (κ1) is 15.5. The molecule has 0 aliphatic heterocycles. The van der Waals surface area contributed by atoms with Crippen molar-refractivity contribution in [3.63, 3.8) is 0 Å². The predicted molar refractivity (Wildman–Crippen MR) is 97.1 cm³/mol. The maximum absolute atomic E-state index is 13.0. The van der Waals surface area contributed by atoms with Crippen LogP contribution in [0.15, 0.2) is 67.1 Å². The van der Waals surface area contributed by atoms with Crippen LogP contribution in [0.4, 0.5) is 0 Å². The minimum atomic E-state index is -0.253. The van der Waals surface area contributed by atoms with E-state index in [0.29, 0.717) is 6.42 Å². The van der Waals surface area contributed by atoms with Gasteiger partial charge in [-0.25, -0.2) is 0 Å². The molecule has 1 aliphatic rings. The highest BCUT2D eigenvalue weighted by molar-refractivity contribution is 5.96. The number of fused-ring (bicyclic) bond motifs is 3. The number of benzene rings is 2. The largest absolute Gasteiger partial charge is 0.352 e. The van der Waals surface area contributed by atoms with E-state index in [2.05, 4.69) is 27.4 Å². The van der Waals surface area contributed by atoms with E-state index in [1.807, 2.05) is 43.3 Å². The summed E-state index contributed by atoms with van der Waals surface area (Å²) in [5, 5.41) is 3.15. The zero-order chi connectivity index (χ0) is 17.2. The van der Waals surface area contributed by atoms with Crippen LogP contribution in [0.2, 0.25) is 0 Å². The van der Waals surface area contributed by atoms with Crippen LogP contribution in [0.25, 0.3) is 11.1 Å². The smallest absolute Gasteiger partial charge is 0.232 e. The fourth-order valence-corrected chi connectivity index (χ4v) is 3.56. The van der Waals surface area contributed by atoms with Crippen LogP contribution in [0, 0.1) is 0 Å². The first-order valence-corrected chi connectivity index (χ1v) is 8.47. The van der Waals surface area contributed by atoms with Gasteiger partial charge in [0.15, 0.2) is 0 Å². The lowest BCUT2D eigenvalue weighted by Crippen LogP contribution is -2.37. The molecule has 0 saturated heterocycles. The molecule has 4 rings (SSSR count). The Balaban J connectivity index is 1.58. The minimum absolute atomic E-state index is 0.0101. The van der Waals surface area contributed by atoms with E-state index in [9.17, 15) is 4.79 Å². The second-order valence-corrected chi connectivity index (χ2v) is 6.42. The molecule has 0 spiro atoms. The standard InChI is InChI=1S/C21H19N3O/c1-14(12-15-13-22-10-11-23-15)24-21(25)20-18-8-4-2-6-16(18)17-7-3-5-9-19(17)20/h2-11,13-14,20H,12H2,1H3,(H,24,25). The van der Waals surface area contributed by atoms with Crippen LogP contribution < -0.4 is 5.32 Å². The third kappa shape index (κ3) is 2.91. The average Bonchev–Trinajstić information content (AvgIpc) is 2.97. The van der Waals surface area contributed by atoms with E-state index >= 15 is 0 Å². The Hall–Kier alpha value is -3.01. The molecule has 124 valence electrons. The fraction of sp³-hybridized carbons (Fsp3) is 0.190. The summed E-state index contributed by atoms with van der Waals surface area (Å²) in [6, 6.07) is 16.3. The monoisotopic (exact) mass is 329 g/mol. The summed E-state index contributed by atoms with van der Waals surface area (Å²) >= 11 is 0. The topological polar surface area (TPSA) is 54.9 Å². The summed E-state index contributed by atoms with van der Waals surface area (Å²) < 4.78 is 0. The maximum atomic E-state index is 13.0. The van der Waals surface area contributed by atoms with Gasteiger partial charge in [0, 0.05) is 31.1 Å². The number of nitrogens with zero attached hydrogens (tertiary/aromatic N) is 2. The molecule has 1 unspecified atom stereocenters. The van der Waals surface area contributed by atoms with Gasteiger partial charge in [-0.05, 0) is 29.2 Å². The van der Waals surface area contributed by atoms with Gasteiger partial charge >= 0.3 is 0 Å². The summed E-state index contributed by atoms with van der Waals surface area (Å²) in [5.74, 6) is -0.217. The Morgan fingerprint density at radius 2 is 1.68 bits per heavy atom. The number of hydrogen-bond donors (Lipinski definition) is 1. The van der Waals surface area contributed by atoms with Crippen molar-refractivity contribution in [2.45, 2.75) is 25.3 Å². The van der Waals surface area contributed by atoms with Crippen molar-refractivity contribution < 1.29 is 4.79 Å². The summed E-state index contributed by atoms with van der Waals surface area (Å²) in [4.78, 5) is 21.4. The number of rotatable bonds is 4. The Bertz CT molecular complexity index is 862. The molecule has 2 aromatic carbocycles. The Morgan fingerprint density at radius 1 is 1.04 bits per heavy atom. The molecule has 1 amide bonds. The highest BCUT2D eigenvalue weighted by atomic mass is 16.1. The summed E-state index contributed by atoms with van der Waals surface area (Å²) in [6.45, 7) is 2.00.